The lowest BCUT2D eigenvalue weighted by atomic mass is 9.89. The first-order chi connectivity index (χ1) is 17.2. The first-order valence-corrected chi connectivity index (χ1v) is 13.3. The number of amides is 1. The molecule has 10 heteroatoms. The molecule has 0 radical (unpaired) electrons. The van der Waals surface area contributed by atoms with Crippen molar-refractivity contribution in [2.24, 2.45) is 5.14 Å². The Hall–Kier alpha value is -3.76. The number of aromatic nitrogens is 3. The van der Waals surface area contributed by atoms with Gasteiger partial charge in [0.25, 0.3) is 5.91 Å². The van der Waals surface area contributed by atoms with Crippen LogP contribution in [-0.2, 0) is 10.0 Å². The molecule has 0 unspecified atom stereocenters. The Labute approximate surface area is 210 Å². The molecule has 0 atom stereocenters. The number of carbonyl (C=O) groups is 1. The van der Waals surface area contributed by atoms with Gasteiger partial charge in [-0.1, -0.05) is 42.5 Å². The highest BCUT2D eigenvalue weighted by Gasteiger charge is 2.29. The Morgan fingerprint density at radius 1 is 1.06 bits per heavy atom. The Balaban J connectivity index is 1.52. The maximum absolute atomic E-state index is 13.7. The molecule has 5 rings (SSSR count). The third-order valence-electron chi connectivity index (χ3n) is 6.73. The number of benzene rings is 2. The van der Waals surface area contributed by atoms with Crippen LogP contribution in [0, 0.1) is 13.8 Å². The number of primary sulfonamides is 1. The summed E-state index contributed by atoms with van der Waals surface area (Å²) in [6, 6.07) is 16.3. The highest BCUT2D eigenvalue weighted by Crippen LogP contribution is 2.31. The number of likely N-dealkylation sites (tertiary alicyclic amines) is 1. The van der Waals surface area contributed by atoms with Crippen molar-refractivity contribution in [1.82, 2.24) is 19.5 Å². The van der Waals surface area contributed by atoms with E-state index in [0.29, 0.717) is 30.4 Å². The summed E-state index contributed by atoms with van der Waals surface area (Å²) in [7, 11) is -4.05. The average molecular weight is 505 g/mol. The number of sulfonamides is 1. The van der Waals surface area contributed by atoms with Gasteiger partial charge in [-0.15, -0.1) is 0 Å². The first-order valence-electron chi connectivity index (χ1n) is 11.8. The molecule has 186 valence electrons. The normalized spacial score (nSPS) is 14.8. The van der Waals surface area contributed by atoms with Gasteiger partial charge in [0.2, 0.25) is 10.0 Å². The molecule has 0 saturated carbocycles. The number of hydrogen-bond donors (Lipinski definition) is 2. The summed E-state index contributed by atoms with van der Waals surface area (Å²) in [6.07, 6.45) is 4.29. The summed E-state index contributed by atoms with van der Waals surface area (Å²) in [5.74, 6) is 0.571. The molecule has 3 N–H and O–H groups in total. The van der Waals surface area contributed by atoms with Gasteiger partial charge in [0, 0.05) is 25.0 Å². The van der Waals surface area contributed by atoms with Gasteiger partial charge in [-0.25, -0.2) is 18.5 Å². The summed E-state index contributed by atoms with van der Waals surface area (Å²) >= 11 is 0. The number of fused-ring (bicyclic) bond motifs is 1. The lowest BCUT2D eigenvalue weighted by Crippen LogP contribution is -2.38. The molecule has 36 heavy (non-hydrogen) atoms. The van der Waals surface area contributed by atoms with Crippen molar-refractivity contribution in [3.63, 3.8) is 0 Å². The third kappa shape index (κ3) is 4.57. The van der Waals surface area contributed by atoms with Crippen LogP contribution in [0.1, 0.15) is 45.8 Å². The summed E-state index contributed by atoms with van der Waals surface area (Å²) in [4.78, 5) is 19.6. The van der Waals surface area contributed by atoms with E-state index in [1.165, 1.54) is 16.3 Å². The molecule has 2 aromatic carbocycles. The lowest BCUT2D eigenvalue weighted by molar-refractivity contribution is 0.0713. The number of nitrogens with zero attached hydrogens (tertiary/aromatic N) is 4. The van der Waals surface area contributed by atoms with Gasteiger partial charge in [0.05, 0.1) is 6.20 Å². The molecular formula is C26H28N6O3S. The lowest BCUT2D eigenvalue weighted by Gasteiger charge is -2.32. The number of piperidine rings is 1. The molecule has 2 aromatic heterocycles. The minimum atomic E-state index is -4.05. The second-order valence-corrected chi connectivity index (χ2v) is 10.8. The molecule has 9 nitrogen and oxygen atoms in total. The standard InChI is InChI=1S/C26H28N6O3S/c1-17-8-9-18(2)22(14-17)30-24-21(15-28-25-23(36(27,34)35)16-29-32(24)25)26(33)31-12-10-20(11-13-31)19-6-4-3-5-7-19/h3-9,14-16,20,30H,10-13H2,1-2H3,(H2,27,34,35). The van der Waals surface area contributed by atoms with E-state index in [-0.39, 0.29) is 16.4 Å². The molecule has 1 amide bonds. The molecular weight excluding hydrogens is 476 g/mol. The summed E-state index contributed by atoms with van der Waals surface area (Å²) in [5, 5.41) is 12.9. The first kappa shape index (κ1) is 24.0. The van der Waals surface area contributed by atoms with E-state index in [0.717, 1.165) is 35.9 Å². The molecule has 1 fully saturated rings. The quantitative estimate of drug-likeness (QED) is 0.427. The van der Waals surface area contributed by atoms with Crippen molar-refractivity contribution in [2.45, 2.75) is 37.5 Å². The highest BCUT2D eigenvalue weighted by molar-refractivity contribution is 7.89. The number of nitrogens with two attached hydrogens (primary N) is 1. The van der Waals surface area contributed by atoms with Crippen LogP contribution in [0.5, 0.6) is 0 Å². The van der Waals surface area contributed by atoms with Crippen LogP contribution in [0.3, 0.4) is 0 Å². The Morgan fingerprint density at radius 2 is 1.78 bits per heavy atom. The van der Waals surface area contributed by atoms with Crippen LogP contribution in [0.25, 0.3) is 5.65 Å². The summed E-state index contributed by atoms with van der Waals surface area (Å²) in [5.41, 5.74) is 4.45. The third-order valence-corrected chi connectivity index (χ3v) is 7.63. The fraction of sp³-hybridized carbons (Fsp3) is 0.269. The molecule has 0 aliphatic carbocycles. The van der Waals surface area contributed by atoms with E-state index >= 15 is 0 Å². The SMILES string of the molecule is Cc1ccc(C)c(Nc2c(C(=O)N3CCC(c4ccccc4)CC3)cnc3c(S(N)(=O)=O)cnn23)c1. The molecule has 0 bridgehead atoms. The minimum Gasteiger partial charge on any atom is -0.339 e. The molecule has 1 aliphatic heterocycles. The zero-order valence-electron chi connectivity index (χ0n) is 20.2. The zero-order chi connectivity index (χ0) is 25.4. The van der Waals surface area contributed by atoms with Gasteiger partial charge in [0.1, 0.15) is 16.3 Å². The van der Waals surface area contributed by atoms with Gasteiger partial charge in [-0.2, -0.15) is 9.61 Å². The largest absolute Gasteiger partial charge is 0.339 e. The second-order valence-electron chi connectivity index (χ2n) is 9.23. The number of anilines is 2. The van der Waals surface area contributed by atoms with Crippen molar-refractivity contribution in [1.29, 1.82) is 0 Å². The molecule has 3 heterocycles. The van der Waals surface area contributed by atoms with Gasteiger partial charge in [0.15, 0.2) is 5.65 Å². The van der Waals surface area contributed by atoms with Crippen LogP contribution in [0.15, 0.2) is 65.8 Å². The fourth-order valence-electron chi connectivity index (χ4n) is 4.70. The van der Waals surface area contributed by atoms with Crippen molar-refractivity contribution in [2.75, 3.05) is 18.4 Å². The van der Waals surface area contributed by atoms with Crippen LogP contribution in [-0.4, -0.2) is 46.9 Å². The van der Waals surface area contributed by atoms with E-state index in [2.05, 4.69) is 27.5 Å². The van der Waals surface area contributed by atoms with Gasteiger partial charge in [-0.3, -0.25) is 4.79 Å². The maximum Gasteiger partial charge on any atom is 0.259 e. The zero-order valence-corrected chi connectivity index (χ0v) is 21.0. The van der Waals surface area contributed by atoms with E-state index < -0.39 is 10.0 Å². The van der Waals surface area contributed by atoms with Crippen molar-refractivity contribution in [3.8, 4) is 0 Å². The van der Waals surface area contributed by atoms with Crippen LogP contribution in [0.4, 0.5) is 11.5 Å². The van der Waals surface area contributed by atoms with Crippen LogP contribution < -0.4 is 10.5 Å². The smallest absolute Gasteiger partial charge is 0.259 e. The molecule has 1 aliphatic rings. The van der Waals surface area contributed by atoms with E-state index in [1.54, 1.807) is 0 Å². The maximum atomic E-state index is 13.7. The summed E-state index contributed by atoms with van der Waals surface area (Å²) < 4.78 is 25.5. The van der Waals surface area contributed by atoms with Crippen LogP contribution in [0.2, 0.25) is 0 Å². The van der Waals surface area contributed by atoms with Crippen molar-refractivity contribution < 1.29 is 13.2 Å². The Morgan fingerprint density at radius 3 is 2.47 bits per heavy atom. The van der Waals surface area contributed by atoms with E-state index in [1.807, 2.05) is 55.1 Å². The van der Waals surface area contributed by atoms with Gasteiger partial charge < -0.3 is 10.2 Å². The van der Waals surface area contributed by atoms with Crippen molar-refractivity contribution >= 4 is 33.1 Å². The van der Waals surface area contributed by atoms with E-state index in [4.69, 9.17) is 5.14 Å². The summed E-state index contributed by atoms with van der Waals surface area (Å²) in [6.45, 7) is 5.15. The predicted octanol–water partition coefficient (Wildman–Crippen LogP) is 3.76. The van der Waals surface area contributed by atoms with Gasteiger partial charge >= 0.3 is 0 Å². The van der Waals surface area contributed by atoms with E-state index in [9.17, 15) is 13.2 Å². The molecule has 0 spiro atoms. The fourth-order valence-corrected chi connectivity index (χ4v) is 5.28. The molecule has 1 saturated heterocycles. The minimum absolute atomic E-state index is 0.0599. The van der Waals surface area contributed by atoms with Crippen LogP contribution >= 0.6 is 0 Å². The number of rotatable bonds is 5. The number of aryl methyl sites for hydroxylation is 2. The number of carbonyl (C=O) groups excluding carboxylic acids is 1. The highest BCUT2D eigenvalue weighted by atomic mass is 32.2. The monoisotopic (exact) mass is 504 g/mol. The predicted molar refractivity (Wildman–Crippen MR) is 138 cm³/mol. The van der Waals surface area contributed by atoms with Crippen molar-refractivity contribution in [3.05, 3.63) is 83.2 Å². The molecule has 4 aromatic rings. The topological polar surface area (TPSA) is 123 Å². The Bertz CT molecular complexity index is 1540. The number of nitrogens with one attached hydrogen (secondary N) is 1. The average Bonchev–Trinajstić information content (AvgIpc) is 3.32. The number of hydrogen-bond acceptors (Lipinski definition) is 6. The second kappa shape index (κ2) is 9.36. The Kier molecular flexibility index (Phi) is 6.23. The van der Waals surface area contributed by atoms with Gasteiger partial charge in [-0.05, 0) is 55.4 Å².